The second-order valence-electron chi connectivity index (χ2n) is 6.25. The van der Waals surface area contributed by atoms with Gasteiger partial charge in [-0.2, -0.15) is 0 Å². The van der Waals surface area contributed by atoms with Crippen molar-refractivity contribution < 1.29 is 9.53 Å². The first-order valence-electron chi connectivity index (χ1n) is 6.89. The molecule has 4 nitrogen and oxygen atoms in total. The molecule has 4 heteroatoms. The van der Waals surface area contributed by atoms with Gasteiger partial charge in [-0.3, -0.25) is 4.79 Å². The molecule has 1 heterocycles. The molecule has 1 aliphatic rings. The number of hydrogen-bond donors (Lipinski definition) is 1. The van der Waals surface area contributed by atoms with Gasteiger partial charge in [0.25, 0.3) is 0 Å². The van der Waals surface area contributed by atoms with Crippen molar-refractivity contribution in [2.24, 2.45) is 17.6 Å². The average molecular weight is 256 g/mol. The summed E-state index contributed by atoms with van der Waals surface area (Å²) in [6.07, 6.45) is 1.89. The van der Waals surface area contributed by atoms with Crippen LogP contribution in [0.25, 0.3) is 0 Å². The van der Waals surface area contributed by atoms with Crippen LogP contribution in [0.5, 0.6) is 0 Å². The molecule has 0 amide bonds. The van der Waals surface area contributed by atoms with Gasteiger partial charge in [-0.25, -0.2) is 0 Å². The zero-order valence-corrected chi connectivity index (χ0v) is 12.4. The van der Waals surface area contributed by atoms with Crippen LogP contribution in [-0.4, -0.2) is 42.6 Å². The van der Waals surface area contributed by atoms with Crippen molar-refractivity contribution in [2.45, 2.75) is 52.1 Å². The van der Waals surface area contributed by atoms with Crippen LogP contribution in [0, 0.1) is 11.8 Å². The minimum Gasteiger partial charge on any atom is -0.468 e. The molecule has 0 bridgehead atoms. The van der Waals surface area contributed by atoms with Crippen LogP contribution in [0.2, 0.25) is 0 Å². The molecule has 2 N–H and O–H groups in total. The Labute approximate surface area is 111 Å². The summed E-state index contributed by atoms with van der Waals surface area (Å²) in [5, 5.41) is 0. The van der Waals surface area contributed by atoms with Crippen molar-refractivity contribution in [3.63, 3.8) is 0 Å². The highest BCUT2D eigenvalue weighted by Crippen LogP contribution is 2.27. The second kappa shape index (κ2) is 6.02. The molecular formula is C14H28N2O2. The lowest BCUT2D eigenvalue weighted by molar-refractivity contribution is -0.147. The summed E-state index contributed by atoms with van der Waals surface area (Å²) in [5.41, 5.74) is 5.15. The lowest BCUT2D eigenvalue weighted by Gasteiger charge is -2.31. The molecule has 0 radical (unpaired) electrons. The molecule has 3 unspecified atom stereocenters. The number of likely N-dealkylation sites (tertiary alicyclic amines) is 1. The molecule has 0 aromatic rings. The Bertz CT molecular complexity index is 290. The molecule has 0 spiro atoms. The molecule has 0 aliphatic carbocycles. The maximum Gasteiger partial charge on any atom is 0.325 e. The van der Waals surface area contributed by atoms with E-state index in [0.717, 1.165) is 24.9 Å². The summed E-state index contributed by atoms with van der Waals surface area (Å²) < 4.78 is 4.76. The van der Waals surface area contributed by atoms with Gasteiger partial charge < -0.3 is 15.4 Å². The fraction of sp³-hybridized carbons (Fsp3) is 0.929. The maximum absolute atomic E-state index is 11.6. The highest BCUT2D eigenvalue weighted by Gasteiger charge is 2.35. The Hall–Kier alpha value is -0.610. The van der Waals surface area contributed by atoms with E-state index in [1.165, 1.54) is 13.5 Å². The number of methoxy groups -OCH3 is 1. The second-order valence-corrected chi connectivity index (χ2v) is 6.25. The number of hydrogen-bond acceptors (Lipinski definition) is 4. The lowest BCUT2D eigenvalue weighted by atomic mass is 9.93. The zero-order chi connectivity index (χ0) is 13.9. The van der Waals surface area contributed by atoms with Gasteiger partial charge in [-0.1, -0.05) is 13.8 Å². The first kappa shape index (κ1) is 15.4. The molecule has 1 fully saturated rings. The van der Waals surface area contributed by atoms with Crippen molar-refractivity contribution in [1.82, 2.24) is 4.90 Å². The summed E-state index contributed by atoms with van der Waals surface area (Å²) in [6.45, 7) is 10.7. The molecule has 0 saturated carbocycles. The van der Waals surface area contributed by atoms with E-state index in [9.17, 15) is 4.79 Å². The third-order valence-electron chi connectivity index (χ3n) is 4.19. The van der Waals surface area contributed by atoms with Gasteiger partial charge in [0.15, 0.2) is 0 Å². The van der Waals surface area contributed by atoms with E-state index >= 15 is 0 Å². The van der Waals surface area contributed by atoms with Gasteiger partial charge in [0.2, 0.25) is 0 Å². The predicted octanol–water partition coefficient (Wildman–Crippen LogP) is 1.63. The monoisotopic (exact) mass is 256 g/mol. The molecule has 1 saturated heterocycles. The van der Waals surface area contributed by atoms with E-state index in [4.69, 9.17) is 10.5 Å². The van der Waals surface area contributed by atoms with Gasteiger partial charge in [0.1, 0.15) is 5.54 Å². The van der Waals surface area contributed by atoms with Crippen LogP contribution in [0.15, 0.2) is 0 Å². The Morgan fingerprint density at radius 1 is 1.50 bits per heavy atom. The standard InChI is InChI=1S/C14H28N2O2/c1-10(2)12-6-7-16(9-12)11(3)8-14(4,15)13(17)18-5/h10-12H,6-9,15H2,1-5H3. The van der Waals surface area contributed by atoms with Gasteiger partial charge in [-0.15, -0.1) is 0 Å². The quantitative estimate of drug-likeness (QED) is 0.760. The van der Waals surface area contributed by atoms with Crippen LogP contribution >= 0.6 is 0 Å². The van der Waals surface area contributed by atoms with Crippen molar-refractivity contribution in [1.29, 1.82) is 0 Å². The SMILES string of the molecule is COC(=O)C(C)(N)CC(C)N1CCC(C(C)C)C1. The van der Waals surface area contributed by atoms with E-state index in [0.29, 0.717) is 12.5 Å². The van der Waals surface area contributed by atoms with E-state index < -0.39 is 5.54 Å². The van der Waals surface area contributed by atoms with Crippen molar-refractivity contribution in [3.05, 3.63) is 0 Å². The highest BCUT2D eigenvalue weighted by molar-refractivity contribution is 5.79. The molecule has 18 heavy (non-hydrogen) atoms. The van der Waals surface area contributed by atoms with Crippen LogP contribution in [0.1, 0.15) is 40.5 Å². The Morgan fingerprint density at radius 3 is 2.56 bits per heavy atom. The van der Waals surface area contributed by atoms with Gasteiger partial charge in [0, 0.05) is 12.6 Å². The fourth-order valence-corrected chi connectivity index (χ4v) is 2.82. The molecule has 0 aromatic carbocycles. The maximum atomic E-state index is 11.6. The lowest BCUT2D eigenvalue weighted by Crippen LogP contribution is -2.50. The molecule has 0 aromatic heterocycles. The van der Waals surface area contributed by atoms with Gasteiger partial charge >= 0.3 is 5.97 Å². The molecule has 1 rings (SSSR count). The van der Waals surface area contributed by atoms with Crippen LogP contribution in [0.4, 0.5) is 0 Å². The summed E-state index contributed by atoms with van der Waals surface area (Å²) in [4.78, 5) is 14.0. The Kier molecular flexibility index (Phi) is 5.17. The first-order chi connectivity index (χ1) is 8.27. The fourth-order valence-electron chi connectivity index (χ4n) is 2.82. The largest absolute Gasteiger partial charge is 0.468 e. The number of nitrogens with zero attached hydrogens (tertiary/aromatic N) is 1. The van der Waals surface area contributed by atoms with Crippen LogP contribution in [-0.2, 0) is 9.53 Å². The number of nitrogens with two attached hydrogens (primary N) is 1. The van der Waals surface area contributed by atoms with Crippen molar-refractivity contribution >= 4 is 5.97 Å². The van der Waals surface area contributed by atoms with Crippen molar-refractivity contribution in [3.8, 4) is 0 Å². The predicted molar refractivity (Wildman–Crippen MR) is 73.2 cm³/mol. The molecule has 3 atom stereocenters. The minimum atomic E-state index is -0.885. The number of carbonyl (C=O) groups is 1. The average Bonchev–Trinajstić information content (AvgIpc) is 2.76. The third-order valence-corrected chi connectivity index (χ3v) is 4.19. The number of carbonyl (C=O) groups excluding carboxylic acids is 1. The molecule has 1 aliphatic heterocycles. The van der Waals surface area contributed by atoms with Gasteiger partial charge in [0.05, 0.1) is 7.11 Å². The van der Waals surface area contributed by atoms with E-state index in [1.807, 2.05) is 0 Å². The molecular weight excluding hydrogens is 228 g/mol. The Balaban J connectivity index is 2.51. The third kappa shape index (κ3) is 3.69. The zero-order valence-electron chi connectivity index (χ0n) is 12.4. The smallest absolute Gasteiger partial charge is 0.325 e. The van der Waals surface area contributed by atoms with Gasteiger partial charge in [-0.05, 0) is 45.1 Å². The first-order valence-corrected chi connectivity index (χ1v) is 6.89. The summed E-state index contributed by atoms with van der Waals surface area (Å²) in [6, 6.07) is 0.322. The Morgan fingerprint density at radius 2 is 2.11 bits per heavy atom. The topological polar surface area (TPSA) is 55.6 Å². The number of rotatable bonds is 5. The molecule has 106 valence electrons. The van der Waals surface area contributed by atoms with Crippen molar-refractivity contribution in [2.75, 3.05) is 20.2 Å². The van der Waals surface area contributed by atoms with Crippen LogP contribution in [0.3, 0.4) is 0 Å². The number of ether oxygens (including phenoxy) is 1. The normalized spacial score (nSPS) is 26.1. The van der Waals surface area contributed by atoms with E-state index in [2.05, 4.69) is 25.7 Å². The highest BCUT2D eigenvalue weighted by atomic mass is 16.5. The summed E-state index contributed by atoms with van der Waals surface area (Å²) in [5.74, 6) is 1.18. The van der Waals surface area contributed by atoms with Crippen LogP contribution < -0.4 is 5.73 Å². The van der Waals surface area contributed by atoms with E-state index in [-0.39, 0.29) is 5.97 Å². The van der Waals surface area contributed by atoms with E-state index in [1.54, 1.807) is 6.92 Å². The summed E-state index contributed by atoms with van der Waals surface area (Å²) in [7, 11) is 1.39. The summed E-state index contributed by atoms with van der Waals surface area (Å²) >= 11 is 0. The minimum absolute atomic E-state index is 0.322. The number of esters is 1.